The Morgan fingerprint density at radius 2 is 1.87 bits per heavy atom. The number of pyridine rings is 1. The third kappa shape index (κ3) is 5.19. The first kappa shape index (κ1) is 22.7. The van der Waals surface area contributed by atoms with E-state index in [2.05, 4.69) is 4.98 Å². The number of carbonyl (C=O) groups is 2. The van der Waals surface area contributed by atoms with E-state index in [9.17, 15) is 22.8 Å². The fourth-order valence-corrected chi connectivity index (χ4v) is 3.80. The van der Waals surface area contributed by atoms with E-state index in [1.165, 1.54) is 11.0 Å². The molecule has 2 aromatic rings. The fourth-order valence-electron chi connectivity index (χ4n) is 3.56. The van der Waals surface area contributed by atoms with Crippen molar-refractivity contribution in [2.24, 2.45) is 5.73 Å². The van der Waals surface area contributed by atoms with Crippen molar-refractivity contribution in [3.63, 3.8) is 0 Å². The Morgan fingerprint density at radius 1 is 1.19 bits per heavy atom. The molecule has 1 saturated heterocycles. The normalized spacial score (nSPS) is 17.0. The molecule has 2 amide bonds. The topological polar surface area (TPSA) is 106 Å². The molecular weight excluding hydrogens is 435 g/mol. The number of benzene rings is 1. The van der Waals surface area contributed by atoms with Crippen LogP contribution in [-0.2, 0) is 22.2 Å². The van der Waals surface area contributed by atoms with Gasteiger partial charge in [0.15, 0.2) is 0 Å². The number of piperazine rings is 1. The third-order valence-electron chi connectivity index (χ3n) is 5.18. The Bertz CT molecular complexity index is 971. The van der Waals surface area contributed by atoms with Crippen LogP contribution in [0.2, 0.25) is 5.02 Å². The molecule has 1 aliphatic heterocycles. The van der Waals surface area contributed by atoms with Gasteiger partial charge in [-0.3, -0.25) is 14.6 Å². The SMILES string of the molecule is NC(=O)[C@H]1CN(c2ccncc2)CCN1C(=O)CCc1cc(Cl)c(N)c(C(F)(F)F)c1. The predicted molar refractivity (Wildman–Crippen MR) is 110 cm³/mol. The van der Waals surface area contributed by atoms with E-state index in [0.29, 0.717) is 6.54 Å². The second kappa shape index (κ2) is 9.01. The highest BCUT2D eigenvalue weighted by Gasteiger charge is 2.35. The van der Waals surface area contributed by atoms with E-state index < -0.39 is 29.4 Å². The molecule has 0 saturated carbocycles. The van der Waals surface area contributed by atoms with Gasteiger partial charge in [0.2, 0.25) is 11.8 Å². The number of anilines is 2. The van der Waals surface area contributed by atoms with Crippen LogP contribution in [0.15, 0.2) is 36.7 Å². The molecule has 1 aromatic carbocycles. The molecule has 11 heteroatoms. The van der Waals surface area contributed by atoms with Crippen molar-refractivity contribution in [3.05, 3.63) is 52.8 Å². The molecule has 166 valence electrons. The van der Waals surface area contributed by atoms with E-state index in [4.69, 9.17) is 23.1 Å². The second-order valence-electron chi connectivity index (χ2n) is 7.19. The maximum absolute atomic E-state index is 13.1. The molecule has 4 N–H and O–H groups in total. The van der Waals surface area contributed by atoms with E-state index in [0.717, 1.165) is 11.8 Å². The van der Waals surface area contributed by atoms with Gasteiger partial charge in [-0.15, -0.1) is 0 Å². The Labute approximate surface area is 181 Å². The van der Waals surface area contributed by atoms with Crippen LogP contribution in [0.25, 0.3) is 0 Å². The lowest BCUT2D eigenvalue weighted by atomic mass is 10.0. The minimum absolute atomic E-state index is 0.0119. The van der Waals surface area contributed by atoms with Gasteiger partial charge in [-0.25, -0.2) is 0 Å². The highest BCUT2D eigenvalue weighted by atomic mass is 35.5. The predicted octanol–water partition coefficient (Wildman–Crippen LogP) is 2.47. The lowest BCUT2D eigenvalue weighted by Gasteiger charge is -2.41. The number of aryl methyl sites for hydroxylation is 1. The summed E-state index contributed by atoms with van der Waals surface area (Å²) in [4.78, 5) is 32.0. The van der Waals surface area contributed by atoms with Gasteiger partial charge in [-0.1, -0.05) is 11.6 Å². The zero-order chi connectivity index (χ0) is 22.8. The maximum atomic E-state index is 13.1. The highest BCUT2D eigenvalue weighted by Crippen LogP contribution is 2.38. The second-order valence-corrected chi connectivity index (χ2v) is 7.60. The summed E-state index contributed by atoms with van der Waals surface area (Å²) >= 11 is 5.84. The Hall–Kier alpha value is -3.01. The molecule has 3 rings (SSSR count). The third-order valence-corrected chi connectivity index (χ3v) is 5.49. The van der Waals surface area contributed by atoms with Gasteiger partial charge in [0.1, 0.15) is 6.04 Å². The zero-order valence-electron chi connectivity index (χ0n) is 16.4. The molecule has 1 aliphatic rings. The first-order valence-corrected chi connectivity index (χ1v) is 9.84. The standard InChI is InChI=1S/C20H21ClF3N5O2/c21-15-10-12(9-14(18(15)25)20(22,23)24)1-2-17(30)29-8-7-28(11-16(29)19(26)31)13-3-5-27-6-4-13/h3-6,9-10,16H,1-2,7-8,11,25H2,(H2,26,31)/t16-/m1/s1. The van der Waals surface area contributed by atoms with Crippen molar-refractivity contribution in [1.29, 1.82) is 0 Å². The van der Waals surface area contributed by atoms with Crippen molar-refractivity contribution < 1.29 is 22.8 Å². The largest absolute Gasteiger partial charge is 0.418 e. The number of nitrogen functional groups attached to an aromatic ring is 1. The summed E-state index contributed by atoms with van der Waals surface area (Å²) in [6.45, 7) is 0.952. The summed E-state index contributed by atoms with van der Waals surface area (Å²) in [5.74, 6) is -1.03. The van der Waals surface area contributed by atoms with E-state index >= 15 is 0 Å². The van der Waals surface area contributed by atoms with Crippen molar-refractivity contribution >= 4 is 34.8 Å². The van der Waals surface area contributed by atoms with Crippen molar-refractivity contribution in [2.75, 3.05) is 30.3 Å². The number of amides is 2. The molecule has 31 heavy (non-hydrogen) atoms. The summed E-state index contributed by atoms with van der Waals surface area (Å²) in [5.41, 5.74) is 10.4. The van der Waals surface area contributed by atoms with Crippen LogP contribution in [0.5, 0.6) is 0 Å². The number of primary amides is 1. The average molecular weight is 456 g/mol. The van der Waals surface area contributed by atoms with Gasteiger partial charge in [0.25, 0.3) is 0 Å². The van der Waals surface area contributed by atoms with Crippen LogP contribution in [-0.4, -0.2) is 47.4 Å². The highest BCUT2D eigenvalue weighted by molar-refractivity contribution is 6.33. The fraction of sp³-hybridized carbons (Fsp3) is 0.350. The quantitative estimate of drug-likeness (QED) is 0.674. The number of alkyl halides is 3. The molecular formula is C20H21ClF3N5O2. The molecule has 7 nitrogen and oxygen atoms in total. The number of nitrogens with two attached hydrogens (primary N) is 2. The summed E-state index contributed by atoms with van der Waals surface area (Å²) in [7, 11) is 0. The van der Waals surface area contributed by atoms with E-state index in [1.54, 1.807) is 24.5 Å². The Morgan fingerprint density at radius 3 is 2.48 bits per heavy atom. The number of hydrogen-bond acceptors (Lipinski definition) is 5. The number of nitrogens with zero attached hydrogens (tertiary/aromatic N) is 3. The van der Waals surface area contributed by atoms with Gasteiger partial charge >= 0.3 is 6.18 Å². The van der Waals surface area contributed by atoms with Crippen molar-refractivity contribution in [2.45, 2.75) is 25.1 Å². The summed E-state index contributed by atoms with van der Waals surface area (Å²) in [5, 5.41) is -0.224. The molecule has 0 radical (unpaired) electrons. The lowest BCUT2D eigenvalue weighted by Crippen LogP contribution is -2.60. The van der Waals surface area contributed by atoms with Crippen molar-refractivity contribution in [1.82, 2.24) is 9.88 Å². The monoisotopic (exact) mass is 455 g/mol. The molecule has 0 unspecified atom stereocenters. The molecule has 1 aromatic heterocycles. The van der Waals surface area contributed by atoms with E-state index in [-0.39, 0.29) is 42.4 Å². The molecule has 0 aliphatic carbocycles. The van der Waals surface area contributed by atoms with Gasteiger partial charge in [-0.2, -0.15) is 13.2 Å². The van der Waals surface area contributed by atoms with Crippen molar-refractivity contribution in [3.8, 4) is 0 Å². The summed E-state index contributed by atoms with van der Waals surface area (Å²) in [6, 6.07) is 4.93. The minimum Gasteiger partial charge on any atom is -0.397 e. The molecule has 0 bridgehead atoms. The maximum Gasteiger partial charge on any atom is 0.418 e. The first-order valence-electron chi connectivity index (χ1n) is 9.46. The number of hydrogen-bond donors (Lipinski definition) is 2. The van der Waals surface area contributed by atoms with Crippen LogP contribution in [0.1, 0.15) is 17.5 Å². The lowest BCUT2D eigenvalue weighted by molar-refractivity contribution is -0.139. The number of carbonyl (C=O) groups excluding carboxylic acids is 2. The van der Waals surface area contributed by atoms with Gasteiger partial charge in [0.05, 0.1) is 16.3 Å². The molecule has 0 spiro atoms. The van der Waals surface area contributed by atoms with Crippen LogP contribution in [0.4, 0.5) is 24.5 Å². The number of aromatic nitrogens is 1. The smallest absolute Gasteiger partial charge is 0.397 e. The van der Waals surface area contributed by atoms with Gasteiger partial charge in [-0.05, 0) is 36.2 Å². The Kier molecular flexibility index (Phi) is 6.59. The van der Waals surface area contributed by atoms with Crippen LogP contribution in [0, 0.1) is 0 Å². The van der Waals surface area contributed by atoms with Crippen LogP contribution in [0.3, 0.4) is 0 Å². The average Bonchev–Trinajstić information content (AvgIpc) is 2.73. The molecule has 2 heterocycles. The molecule has 1 atom stereocenters. The minimum atomic E-state index is -4.66. The molecule has 1 fully saturated rings. The van der Waals surface area contributed by atoms with Gasteiger partial charge < -0.3 is 21.3 Å². The number of rotatable bonds is 5. The first-order chi connectivity index (χ1) is 14.6. The summed E-state index contributed by atoms with van der Waals surface area (Å²) < 4.78 is 39.4. The summed E-state index contributed by atoms with van der Waals surface area (Å²) in [6.07, 6.45) is -1.50. The number of halogens is 4. The van der Waals surface area contributed by atoms with Crippen LogP contribution >= 0.6 is 11.6 Å². The van der Waals surface area contributed by atoms with Crippen LogP contribution < -0.4 is 16.4 Å². The van der Waals surface area contributed by atoms with Gasteiger partial charge in [0, 0.05) is 44.1 Å². The zero-order valence-corrected chi connectivity index (χ0v) is 17.2. The Balaban J connectivity index is 1.70. The van der Waals surface area contributed by atoms with E-state index in [1.807, 2.05) is 4.90 Å².